The van der Waals surface area contributed by atoms with E-state index in [9.17, 15) is 13.2 Å². The van der Waals surface area contributed by atoms with Crippen LogP contribution in [-0.2, 0) is 27.6 Å². The Morgan fingerprint density at radius 3 is 2.41 bits per heavy atom. The summed E-state index contributed by atoms with van der Waals surface area (Å²) in [5.41, 5.74) is 2.56. The van der Waals surface area contributed by atoms with E-state index in [0.717, 1.165) is 16.8 Å². The van der Waals surface area contributed by atoms with Gasteiger partial charge in [0.15, 0.2) is 15.6 Å². The van der Waals surface area contributed by atoms with E-state index in [1.165, 1.54) is 6.26 Å². The molecule has 0 unspecified atom stereocenters. The highest BCUT2D eigenvalue weighted by Crippen LogP contribution is 2.17. The molecule has 0 spiro atoms. The molecular formula is C20H20N2O4S. The first-order chi connectivity index (χ1) is 12.9. The van der Waals surface area contributed by atoms with Gasteiger partial charge in [0.1, 0.15) is 5.69 Å². The number of carbonyl (C=O) groups is 1. The van der Waals surface area contributed by atoms with Gasteiger partial charge in [-0.1, -0.05) is 18.2 Å². The van der Waals surface area contributed by atoms with Gasteiger partial charge in [-0.2, -0.15) is 0 Å². The number of amides is 1. The van der Waals surface area contributed by atoms with Crippen LogP contribution >= 0.6 is 0 Å². The number of hydrogen-bond donors (Lipinski definition) is 1. The Kier molecular flexibility index (Phi) is 5.71. The Balaban J connectivity index is 1.47. The lowest BCUT2D eigenvalue weighted by atomic mass is 10.1. The molecular weight excluding hydrogens is 364 g/mol. The Morgan fingerprint density at radius 1 is 1.07 bits per heavy atom. The number of nitrogens with one attached hydrogen (secondary N) is 1. The van der Waals surface area contributed by atoms with Gasteiger partial charge in [-0.3, -0.25) is 9.78 Å². The molecule has 140 valence electrons. The van der Waals surface area contributed by atoms with Gasteiger partial charge in [-0.15, -0.1) is 0 Å². The molecule has 1 amide bonds. The molecule has 3 rings (SSSR count). The number of nitrogens with zero attached hydrogens (tertiary/aromatic N) is 1. The van der Waals surface area contributed by atoms with Gasteiger partial charge in [0, 0.05) is 25.4 Å². The highest BCUT2D eigenvalue weighted by atomic mass is 32.2. The maximum Gasteiger partial charge on any atom is 0.220 e. The molecule has 0 saturated carbocycles. The zero-order valence-electron chi connectivity index (χ0n) is 14.9. The molecule has 0 radical (unpaired) electrons. The fraction of sp³-hybridized carbons (Fsp3) is 0.200. The van der Waals surface area contributed by atoms with Gasteiger partial charge >= 0.3 is 0 Å². The zero-order valence-corrected chi connectivity index (χ0v) is 15.7. The zero-order chi connectivity index (χ0) is 19.3. The van der Waals surface area contributed by atoms with E-state index in [-0.39, 0.29) is 10.8 Å². The Bertz CT molecular complexity index is 993. The lowest BCUT2D eigenvalue weighted by molar-refractivity contribution is -0.121. The number of aromatic nitrogens is 1. The SMILES string of the molecule is CS(=O)(=O)c1ccc(CCC(=O)NCc2ccc(-c3ccco3)nc2)cc1. The fourth-order valence-electron chi connectivity index (χ4n) is 2.55. The molecule has 0 bridgehead atoms. The minimum Gasteiger partial charge on any atom is -0.463 e. The molecule has 0 saturated heterocycles. The maximum atomic E-state index is 12.0. The van der Waals surface area contributed by atoms with Crippen molar-refractivity contribution in [3.05, 3.63) is 72.1 Å². The number of furan rings is 1. The van der Waals surface area contributed by atoms with E-state index in [1.807, 2.05) is 18.2 Å². The molecule has 27 heavy (non-hydrogen) atoms. The first-order valence-corrected chi connectivity index (χ1v) is 10.4. The van der Waals surface area contributed by atoms with Crippen molar-refractivity contribution in [2.75, 3.05) is 6.26 Å². The lowest BCUT2D eigenvalue weighted by Crippen LogP contribution is -2.23. The van der Waals surface area contributed by atoms with Crippen molar-refractivity contribution in [1.82, 2.24) is 10.3 Å². The van der Waals surface area contributed by atoms with Gasteiger partial charge in [0.25, 0.3) is 0 Å². The third kappa shape index (κ3) is 5.27. The van der Waals surface area contributed by atoms with E-state index in [1.54, 1.807) is 42.8 Å². The molecule has 2 heterocycles. The molecule has 0 fully saturated rings. The second-order valence-electron chi connectivity index (χ2n) is 6.22. The second-order valence-corrected chi connectivity index (χ2v) is 8.24. The van der Waals surface area contributed by atoms with Gasteiger partial charge in [0.05, 0.1) is 11.2 Å². The van der Waals surface area contributed by atoms with Crippen LogP contribution in [0.2, 0.25) is 0 Å². The summed E-state index contributed by atoms with van der Waals surface area (Å²) in [5.74, 6) is 0.629. The van der Waals surface area contributed by atoms with E-state index in [2.05, 4.69) is 10.3 Å². The van der Waals surface area contributed by atoms with Gasteiger partial charge in [0.2, 0.25) is 5.91 Å². The van der Waals surface area contributed by atoms with E-state index < -0.39 is 9.84 Å². The summed E-state index contributed by atoms with van der Waals surface area (Å²) in [4.78, 5) is 16.6. The number of sulfone groups is 1. The van der Waals surface area contributed by atoms with Crippen molar-refractivity contribution in [2.45, 2.75) is 24.3 Å². The van der Waals surface area contributed by atoms with Crippen LogP contribution in [0.15, 0.2) is 70.3 Å². The van der Waals surface area contributed by atoms with E-state index in [0.29, 0.717) is 25.1 Å². The lowest BCUT2D eigenvalue weighted by Gasteiger charge is -2.06. The summed E-state index contributed by atoms with van der Waals surface area (Å²) in [6.45, 7) is 0.400. The van der Waals surface area contributed by atoms with Crippen LogP contribution in [0.4, 0.5) is 0 Å². The number of aryl methyl sites for hydroxylation is 1. The summed E-state index contributed by atoms with van der Waals surface area (Å²) in [7, 11) is -3.20. The van der Waals surface area contributed by atoms with E-state index in [4.69, 9.17) is 4.42 Å². The van der Waals surface area contributed by atoms with Crippen LogP contribution in [0.1, 0.15) is 17.5 Å². The van der Waals surface area contributed by atoms with Crippen LogP contribution in [0.5, 0.6) is 0 Å². The molecule has 0 aliphatic carbocycles. The van der Waals surface area contributed by atoms with Crippen molar-refractivity contribution in [1.29, 1.82) is 0 Å². The van der Waals surface area contributed by atoms with Crippen molar-refractivity contribution in [3.63, 3.8) is 0 Å². The summed E-state index contributed by atoms with van der Waals surface area (Å²) in [6.07, 6.45) is 5.36. The smallest absolute Gasteiger partial charge is 0.220 e. The highest BCUT2D eigenvalue weighted by molar-refractivity contribution is 7.90. The van der Waals surface area contributed by atoms with Gasteiger partial charge in [-0.25, -0.2) is 8.42 Å². The number of rotatable bonds is 7. The van der Waals surface area contributed by atoms with Crippen LogP contribution in [-0.4, -0.2) is 25.6 Å². The Morgan fingerprint density at radius 2 is 1.81 bits per heavy atom. The Hall–Kier alpha value is -2.93. The standard InChI is InChI=1S/C20H20N2O4S/c1-27(24,25)17-8-4-15(5-9-17)7-11-20(23)22-14-16-6-10-18(21-13-16)19-3-2-12-26-19/h2-6,8-10,12-13H,7,11,14H2,1H3,(H,22,23). The largest absolute Gasteiger partial charge is 0.463 e. The van der Waals surface area contributed by atoms with Crippen molar-refractivity contribution < 1.29 is 17.6 Å². The highest BCUT2D eigenvalue weighted by Gasteiger charge is 2.08. The van der Waals surface area contributed by atoms with Gasteiger partial charge < -0.3 is 9.73 Å². The summed E-state index contributed by atoms with van der Waals surface area (Å²) in [6, 6.07) is 14.0. The van der Waals surface area contributed by atoms with E-state index >= 15 is 0 Å². The van der Waals surface area contributed by atoms with Crippen molar-refractivity contribution in [3.8, 4) is 11.5 Å². The molecule has 2 aromatic heterocycles. The minimum atomic E-state index is -3.20. The van der Waals surface area contributed by atoms with Crippen LogP contribution in [0.25, 0.3) is 11.5 Å². The molecule has 0 aliphatic rings. The molecule has 1 N–H and O–H groups in total. The Labute approximate surface area is 158 Å². The first-order valence-electron chi connectivity index (χ1n) is 8.46. The average molecular weight is 384 g/mol. The molecule has 0 aliphatic heterocycles. The topological polar surface area (TPSA) is 89.3 Å². The fourth-order valence-corrected chi connectivity index (χ4v) is 3.18. The predicted octanol–water partition coefficient (Wildman–Crippen LogP) is 2.99. The monoisotopic (exact) mass is 384 g/mol. The third-order valence-corrected chi connectivity index (χ3v) is 5.21. The minimum absolute atomic E-state index is 0.0719. The molecule has 3 aromatic rings. The number of carbonyl (C=O) groups excluding carboxylic acids is 1. The molecule has 0 atom stereocenters. The van der Waals surface area contributed by atoms with Crippen molar-refractivity contribution in [2.24, 2.45) is 0 Å². The van der Waals surface area contributed by atoms with Crippen LogP contribution < -0.4 is 5.32 Å². The van der Waals surface area contributed by atoms with Crippen molar-refractivity contribution >= 4 is 15.7 Å². The summed E-state index contributed by atoms with van der Waals surface area (Å²) in [5, 5.41) is 2.86. The van der Waals surface area contributed by atoms with Crippen LogP contribution in [0.3, 0.4) is 0 Å². The average Bonchev–Trinajstić information content (AvgIpc) is 3.19. The molecule has 1 aromatic carbocycles. The summed E-state index contributed by atoms with van der Waals surface area (Å²) < 4.78 is 28.2. The number of pyridine rings is 1. The van der Waals surface area contributed by atoms with Gasteiger partial charge in [-0.05, 0) is 47.9 Å². The molecule has 6 nitrogen and oxygen atoms in total. The second kappa shape index (κ2) is 8.18. The first kappa shape index (κ1) is 18.8. The van der Waals surface area contributed by atoms with Crippen LogP contribution in [0, 0.1) is 0 Å². The quantitative estimate of drug-likeness (QED) is 0.676. The predicted molar refractivity (Wildman–Crippen MR) is 102 cm³/mol. The summed E-state index contributed by atoms with van der Waals surface area (Å²) >= 11 is 0. The third-order valence-electron chi connectivity index (χ3n) is 4.08. The molecule has 7 heteroatoms. The normalized spacial score (nSPS) is 11.3. The maximum absolute atomic E-state index is 12.0. The number of benzene rings is 1. The number of hydrogen-bond acceptors (Lipinski definition) is 5.